The number of aromatic nitrogens is 3. The van der Waals surface area contributed by atoms with Crippen LogP contribution in [0.2, 0.25) is 0 Å². The first-order valence-electron chi connectivity index (χ1n) is 8.31. The molecule has 3 heterocycles. The van der Waals surface area contributed by atoms with Crippen LogP contribution in [0.15, 0.2) is 36.7 Å². The normalized spacial score (nSPS) is 17.0. The van der Waals surface area contributed by atoms with Gasteiger partial charge in [0.25, 0.3) is 0 Å². The van der Waals surface area contributed by atoms with Crippen molar-refractivity contribution in [1.29, 1.82) is 0 Å². The van der Waals surface area contributed by atoms with Crippen LogP contribution in [-0.4, -0.2) is 45.0 Å². The second kappa shape index (κ2) is 6.36. The highest BCUT2D eigenvalue weighted by Gasteiger charge is 2.26. The van der Waals surface area contributed by atoms with Gasteiger partial charge in [0.05, 0.1) is 6.54 Å². The number of alkyl halides is 1. The van der Waals surface area contributed by atoms with Crippen molar-refractivity contribution in [3.8, 4) is 5.69 Å². The number of nitrogens with zero attached hydrogens (tertiary/aromatic N) is 4. The van der Waals surface area contributed by atoms with Crippen molar-refractivity contribution >= 4 is 22.8 Å². The van der Waals surface area contributed by atoms with Crippen LogP contribution in [0.3, 0.4) is 0 Å². The molecule has 2 amide bonds. The number of fused-ring (bicyclic) bond motifs is 1. The van der Waals surface area contributed by atoms with Gasteiger partial charge in [-0.2, -0.15) is 0 Å². The van der Waals surface area contributed by atoms with E-state index in [4.69, 9.17) is 0 Å². The van der Waals surface area contributed by atoms with Crippen LogP contribution in [0.1, 0.15) is 12.0 Å². The van der Waals surface area contributed by atoms with Crippen LogP contribution in [0.25, 0.3) is 16.7 Å². The van der Waals surface area contributed by atoms with Crippen LogP contribution >= 0.6 is 0 Å². The Balaban J connectivity index is 1.62. The molecule has 4 rings (SSSR count). The fourth-order valence-corrected chi connectivity index (χ4v) is 3.02. The molecule has 3 aromatic rings. The Bertz CT molecular complexity index is 987. The summed E-state index contributed by atoms with van der Waals surface area (Å²) < 4.78 is 28.9. The standard InChI is InChI=1S/C18H17F2N5O/c1-11-6-12-9-25(23-17(12)21-8-11)16-7-14(2-3-15(16)20)22-18(26)24-5-4-13(19)10-24/h2-3,6-9,13H,4-5,10H2,1H3,(H,22,26)/t13-/m1/s1. The van der Waals surface area contributed by atoms with Gasteiger partial charge < -0.3 is 10.2 Å². The number of carbonyl (C=O) groups excluding carboxylic acids is 1. The van der Waals surface area contributed by atoms with Crippen molar-refractivity contribution in [3.05, 3.63) is 48.0 Å². The number of nitrogens with one attached hydrogen (secondary N) is 1. The lowest BCUT2D eigenvalue weighted by atomic mass is 10.2. The summed E-state index contributed by atoms with van der Waals surface area (Å²) in [4.78, 5) is 17.8. The number of aryl methyl sites for hydroxylation is 1. The van der Waals surface area contributed by atoms with Crippen LogP contribution in [0.5, 0.6) is 0 Å². The zero-order valence-electron chi connectivity index (χ0n) is 14.1. The van der Waals surface area contributed by atoms with Gasteiger partial charge in [-0.3, -0.25) is 0 Å². The van der Waals surface area contributed by atoms with E-state index in [2.05, 4.69) is 15.4 Å². The molecular formula is C18H17F2N5O. The smallest absolute Gasteiger partial charge is 0.321 e. The summed E-state index contributed by atoms with van der Waals surface area (Å²) in [5.74, 6) is -0.475. The zero-order valence-corrected chi connectivity index (χ0v) is 14.1. The molecule has 26 heavy (non-hydrogen) atoms. The highest BCUT2D eigenvalue weighted by Crippen LogP contribution is 2.22. The van der Waals surface area contributed by atoms with Crippen LogP contribution in [0, 0.1) is 12.7 Å². The Morgan fingerprint density at radius 1 is 1.35 bits per heavy atom. The third kappa shape index (κ3) is 3.10. The van der Waals surface area contributed by atoms with Crippen molar-refractivity contribution in [2.24, 2.45) is 0 Å². The maximum Gasteiger partial charge on any atom is 0.321 e. The number of hydrogen-bond donors (Lipinski definition) is 1. The van der Waals surface area contributed by atoms with Crippen molar-refractivity contribution in [1.82, 2.24) is 19.7 Å². The molecule has 0 bridgehead atoms. The van der Waals surface area contributed by atoms with E-state index in [0.29, 0.717) is 24.3 Å². The topological polar surface area (TPSA) is 63.1 Å². The number of likely N-dealkylation sites (tertiary alicyclic amines) is 1. The largest absolute Gasteiger partial charge is 0.322 e. The summed E-state index contributed by atoms with van der Waals surface area (Å²) >= 11 is 0. The van der Waals surface area contributed by atoms with E-state index in [-0.39, 0.29) is 12.2 Å². The third-order valence-electron chi connectivity index (χ3n) is 4.36. The minimum absolute atomic E-state index is 0.0788. The fourth-order valence-electron chi connectivity index (χ4n) is 3.02. The molecule has 1 N–H and O–H groups in total. The quantitative estimate of drug-likeness (QED) is 0.764. The lowest BCUT2D eigenvalue weighted by Gasteiger charge is -2.16. The molecule has 0 aliphatic carbocycles. The molecule has 0 unspecified atom stereocenters. The average Bonchev–Trinajstić information content (AvgIpc) is 3.22. The maximum absolute atomic E-state index is 14.3. The minimum Gasteiger partial charge on any atom is -0.322 e. The summed E-state index contributed by atoms with van der Waals surface area (Å²) in [6, 6.07) is 5.74. The van der Waals surface area contributed by atoms with Gasteiger partial charge in [0.2, 0.25) is 0 Å². The Morgan fingerprint density at radius 3 is 2.96 bits per heavy atom. The van der Waals surface area contributed by atoms with Gasteiger partial charge in [-0.25, -0.2) is 23.2 Å². The van der Waals surface area contributed by atoms with E-state index in [1.54, 1.807) is 12.4 Å². The average molecular weight is 357 g/mol. The Morgan fingerprint density at radius 2 is 2.19 bits per heavy atom. The molecule has 1 atom stereocenters. The first kappa shape index (κ1) is 16.4. The summed E-state index contributed by atoms with van der Waals surface area (Å²) in [6.45, 7) is 2.37. The number of pyridine rings is 1. The summed E-state index contributed by atoms with van der Waals surface area (Å²) in [5.41, 5.74) is 2.10. The highest BCUT2D eigenvalue weighted by atomic mass is 19.1. The monoisotopic (exact) mass is 357 g/mol. The number of halogens is 2. The van der Waals surface area contributed by atoms with Gasteiger partial charge in [0, 0.05) is 30.0 Å². The van der Waals surface area contributed by atoms with Crippen LogP contribution < -0.4 is 5.32 Å². The zero-order chi connectivity index (χ0) is 18.3. The van der Waals surface area contributed by atoms with E-state index in [1.807, 2.05) is 13.0 Å². The minimum atomic E-state index is -0.989. The molecule has 8 heteroatoms. The predicted octanol–water partition coefficient (Wildman–Crippen LogP) is 3.44. The molecule has 0 spiro atoms. The Labute approximate surface area is 148 Å². The third-order valence-corrected chi connectivity index (χ3v) is 4.36. The highest BCUT2D eigenvalue weighted by molar-refractivity contribution is 5.90. The molecule has 0 radical (unpaired) electrons. The number of carbonyl (C=O) groups is 1. The summed E-state index contributed by atoms with van der Waals surface area (Å²) in [5, 5.41) is 7.76. The molecular weight excluding hydrogens is 340 g/mol. The number of anilines is 1. The number of urea groups is 1. The lowest BCUT2D eigenvalue weighted by Crippen LogP contribution is -2.33. The van der Waals surface area contributed by atoms with Gasteiger partial charge >= 0.3 is 6.03 Å². The van der Waals surface area contributed by atoms with Crippen LogP contribution in [0.4, 0.5) is 19.3 Å². The van der Waals surface area contributed by atoms with E-state index in [1.165, 1.54) is 27.8 Å². The first-order chi connectivity index (χ1) is 12.5. The molecule has 6 nitrogen and oxygen atoms in total. The van der Waals surface area contributed by atoms with Gasteiger partial charge in [0.1, 0.15) is 17.7 Å². The van der Waals surface area contributed by atoms with Crippen molar-refractivity contribution in [2.75, 3.05) is 18.4 Å². The Kier molecular flexibility index (Phi) is 4.02. The molecule has 0 saturated carbocycles. The number of hydrogen-bond acceptors (Lipinski definition) is 3. The van der Waals surface area contributed by atoms with Crippen LogP contribution in [-0.2, 0) is 0 Å². The predicted molar refractivity (Wildman–Crippen MR) is 93.7 cm³/mol. The first-order valence-corrected chi connectivity index (χ1v) is 8.31. The van der Waals surface area contributed by atoms with Gasteiger partial charge in [0.15, 0.2) is 5.65 Å². The molecule has 1 aliphatic rings. The van der Waals surface area contributed by atoms with Gasteiger partial charge in [-0.05, 0) is 43.2 Å². The SMILES string of the molecule is Cc1cnc2nn(-c3cc(NC(=O)N4CC[C@@H](F)C4)ccc3F)cc2c1. The van der Waals surface area contributed by atoms with Gasteiger partial charge in [-0.15, -0.1) is 5.10 Å². The number of rotatable bonds is 2. The number of benzene rings is 1. The molecule has 2 aromatic heterocycles. The molecule has 1 aromatic carbocycles. The second-order valence-electron chi connectivity index (χ2n) is 6.43. The summed E-state index contributed by atoms with van der Waals surface area (Å²) in [6.07, 6.45) is 2.74. The van der Waals surface area contributed by atoms with E-state index in [9.17, 15) is 13.6 Å². The number of amides is 2. The molecule has 1 fully saturated rings. The maximum atomic E-state index is 14.3. The Hall–Kier alpha value is -3.03. The van der Waals surface area contributed by atoms with E-state index < -0.39 is 18.0 Å². The van der Waals surface area contributed by atoms with E-state index >= 15 is 0 Å². The van der Waals surface area contributed by atoms with Crippen molar-refractivity contribution in [2.45, 2.75) is 19.5 Å². The fraction of sp³-hybridized carbons (Fsp3) is 0.278. The van der Waals surface area contributed by atoms with Gasteiger partial charge in [-0.1, -0.05) is 0 Å². The van der Waals surface area contributed by atoms with Crippen molar-refractivity contribution < 1.29 is 13.6 Å². The lowest BCUT2D eigenvalue weighted by molar-refractivity contribution is 0.218. The van der Waals surface area contributed by atoms with E-state index in [0.717, 1.165) is 10.9 Å². The second-order valence-corrected chi connectivity index (χ2v) is 6.43. The molecule has 1 aliphatic heterocycles. The summed E-state index contributed by atoms with van der Waals surface area (Å²) in [7, 11) is 0. The van der Waals surface area contributed by atoms with Crippen molar-refractivity contribution in [3.63, 3.8) is 0 Å². The molecule has 1 saturated heterocycles. The molecule has 134 valence electrons.